The molecule has 8 N–H and O–H groups in total. The van der Waals surface area contributed by atoms with E-state index < -0.39 is 70.1 Å². The molecule has 0 radical (unpaired) electrons. The molecule has 0 aromatic carbocycles. The lowest BCUT2D eigenvalue weighted by atomic mass is 10.1. The van der Waals surface area contributed by atoms with Crippen LogP contribution in [0.15, 0.2) is 25.3 Å². The summed E-state index contributed by atoms with van der Waals surface area (Å²) in [5.41, 5.74) is 12.7. The molecule has 0 saturated carbocycles. The standard InChI is InChI=1S/C21H27N10O10P/c1-37-14-13(34)9(40-20(14)30-6-28-10-16(22)24-4-26-18(10)30)3-38-42(35,36)41-15-12(33)8(2-32)39-21(15)31-7-29-11-17(23)25-5-27-19(11)31/h4-9,12-15,20-21,32-34H,2-3H2,1H3,(H,35,36)(H2,22,24,26)(H2,23,25,27)/t8-,9-,12+,13+,14-,15+,20?,21-/m1/s1. The summed E-state index contributed by atoms with van der Waals surface area (Å²) in [5.74, 6) is 0.218. The third-order valence-electron chi connectivity index (χ3n) is 7.06. The van der Waals surface area contributed by atoms with E-state index in [1.807, 2.05) is 0 Å². The molecule has 226 valence electrons. The molecule has 6 rings (SSSR count). The molecule has 0 aliphatic carbocycles. The average molecular weight is 610 g/mol. The van der Waals surface area contributed by atoms with Crippen molar-refractivity contribution in [3.8, 4) is 0 Å². The number of phosphoric acid groups is 1. The number of phosphoric ester groups is 1. The minimum atomic E-state index is -4.96. The summed E-state index contributed by atoms with van der Waals surface area (Å²) >= 11 is 0. The molecule has 2 fully saturated rings. The number of rotatable bonds is 9. The van der Waals surface area contributed by atoms with Crippen LogP contribution in [0.3, 0.4) is 0 Å². The Balaban J connectivity index is 1.19. The van der Waals surface area contributed by atoms with Gasteiger partial charge in [-0.05, 0) is 0 Å². The van der Waals surface area contributed by atoms with Crippen LogP contribution in [0.25, 0.3) is 22.3 Å². The Labute approximate surface area is 235 Å². The summed E-state index contributed by atoms with van der Waals surface area (Å²) in [6.07, 6.45) is -4.81. The molecule has 4 aromatic rings. The van der Waals surface area contributed by atoms with Gasteiger partial charge in [0.2, 0.25) is 0 Å². The number of hydrogen-bond donors (Lipinski definition) is 6. The van der Waals surface area contributed by atoms with E-state index in [0.29, 0.717) is 11.2 Å². The maximum absolute atomic E-state index is 13.1. The molecule has 21 heteroatoms. The van der Waals surface area contributed by atoms with Crippen LogP contribution < -0.4 is 11.5 Å². The molecule has 0 spiro atoms. The van der Waals surface area contributed by atoms with Crippen LogP contribution in [0.5, 0.6) is 0 Å². The maximum atomic E-state index is 13.1. The van der Waals surface area contributed by atoms with E-state index >= 15 is 0 Å². The summed E-state index contributed by atoms with van der Waals surface area (Å²) in [5, 5.41) is 31.3. The zero-order valence-electron chi connectivity index (χ0n) is 21.8. The highest BCUT2D eigenvalue weighted by atomic mass is 31.2. The first-order valence-corrected chi connectivity index (χ1v) is 14.0. The van der Waals surface area contributed by atoms with Gasteiger partial charge in [-0.15, -0.1) is 0 Å². The number of nitrogens with two attached hydrogens (primary N) is 2. The van der Waals surface area contributed by atoms with E-state index in [1.165, 1.54) is 41.6 Å². The van der Waals surface area contributed by atoms with Gasteiger partial charge in [-0.3, -0.25) is 18.2 Å². The molecule has 2 saturated heterocycles. The van der Waals surface area contributed by atoms with E-state index in [9.17, 15) is 24.8 Å². The topological polar surface area (TPSA) is 283 Å². The predicted octanol–water partition coefficient (Wildman–Crippen LogP) is -2.14. The van der Waals surface area contributed by atoms with E-state index in [4.69, 9.17) is 34.7 Å². The van der Waals surface area contributed by atoms with Gasteiger partial charge in [0.15, 0.2) is 35.4 Å². The molecule has 2 unspecified atom stereocenters. The minimum Gasteiger partial charge on any atom is -0.394 e. The Morgan fingerprint density at radius 2 is 1.40 bits per heavy atom. The van der Waals surface area contributed by atoms with Crippen molar-refractivity contribution in [2.45, 2.75) is 49.1 Å². The number of fused-ring (bicyclic) bond motifs is 2. The summed E-state index contributed by atoms with van der Waals surface area (Å²) in [6, 6.07) is 0. The van der Waals surface area contributed by atoms with Crippen LogP contribution in [-0.4, -0.2) is 116 Å². The highest BCUT2D eigenvalue weighted by molar-refractivity contribution is 7.47. The minimum absolute atomic E-state index is 0.0760. The van der Waals surface area contributed by atoms with Crippen LogP contribution in [0.1, 0.15) is 12.5 Å². The normalized spacial score (nSPS) is 31.3. The summed E-state index contributed by atoms with van der Waals surface area (Å²) in [7, 11) is -3.60. The Bertz CT molecular complexity index is 1640. The highest BCUT2D eigenvalue weighted by Gasteiger charge is 2.51. The van der Waals surface area contributed by atoms with Crippen molar-refractivity contribution in [2.24, 2.45) is 0 Å². The molecule has 0 bridgehead atoms. The molecule has 2 aliphatic rings. The van der Waals surface area contributed by atoms with Crippen molar-refractivity contribution in [1.29, 1.82) is 0 Å². The number of methoxy groups -OCH3 is 1. The summed E-state index contributed by atoms with van der Waals surface area (Å²) in [4.78, 5) is 34.9. The molecule has 9 atom stereocenters. The first-order chi connectivity index (χ1) is 20.1. The lowest BCUT2D eigenvalue weighted by Gasteiger charge is -2.25. The Morgan fingerprint density at radius 3 is 1.95 bits per heavy atom. The van der Waals surface area contributed by atoms with Gasteiger partial charge < -0.3 is 45.9 Å². The number of imidazole rings is 2. The van der Waals surface area contributed by atoms with Gasteiger partial charge >= 0.3 is 7.82 Å². The smallest absolute Gasteiger partial charge is 0.394 e. The van der Waals surface area contributed by atoms with Gasteiger partial charge in [0.25, 0.3) is 0 Å². The molecule has 20 nitrogen and oxygen atoms in total. The number of aliphatic hydroxyl groups is 3. The number of nitrogen functional groups attached to an aromatic ring is 2. The van der Waals surface area contributed by atoms with Crippen LogP contribution >= 0.6 is 7.82 Å². The number of aliphatic hydroxyl groups excluding tert-OH is 3. The van der Waals surface area contributed by atoms with Crippen LogP contribution in [0.2, 0.25) is 0 Å². The molecule has 0 amide bonds. The average Bonchev–Trinajstić information content (AvgIpc) is 3.72. The van der Waals surface area contributed by atoms with Crippen molar-refractivity contribution >= 4 is 41.8 Å². The number of ether oxygens (including phenoxy) is 3. The molecule has 2 aliphatic heterocycles. The number of nitrogens with zero attached hydrogens (tertiary/aromatic N) is 8. The van der Waals surface area contributed by atoms with Gasteiger partial charge in [0.05, 0.1) is 25.9 Å². The first kappa shape index (κ1) is 28.7. The van der Waals surface area contributed by atoms with Crippen molar-refractivity contribution in [3.63, 3.8) is 0 Å². The second-order valence-corrected chi connectivity index (χ2v) is 10.9. The van der Waals surface area contributed by atoms with Gasteiger partial charge in [0.1, 0.15) is 60.3 Å². The number of hydrogen-bond acceptors (Lipinski definition) is 17. The van der Waals surface area contributed by atoms with E-state index in [1.54, 1.807) is 0 Å². The summed E-state index contributed by atoms with van der Waals surface area (Å²) in [6.45, 7) is -1.25. The van der Waals surface area contributed by atoms with Crippen molar-refractivity contribution < 1.29 is 48.0 Å². The van der Waals surface area contributed by atoms with E-state index in [0.717, 1.165) is 0 Å². The third kappa shape index (κ3) is 4.86. The lowest BCUT2D eigenvalue weighted by molar-refractivity contribution is -0.0644. The second kappa shape index (κ2) is 11.0. The Hall–Kier alpha value is -3.43. The largest absolute Gasteiger partial charge is 0.472 e. The van der Waals surface area contributed by atoms with E-state index in [-0.39, 0.29) is 22.8 Å². The van der Waals surface area contributed by atoms with Crippen LogP contribution in [0, 0.1) is 0 Å². The zero-order chi connectivity index (χ0) is 29.8. The van der Waals surface area contributed by atoms with E-state index in [2.05, 4.69) is 29.9 Å². The highest BCUT2D eigenvalue weighted by Crippen LogP contribution is 2.50. The maximum Gasteiger partial charge on any atom is 0.472 e. The van der Waals surface area contributed by atoms with Gasteiger partial charge in [0, 0.05) is 7.11 Å². The number of aromatic nitrogens is 8. The first-order valence-electron chi connectivity index (χ1n) is 12.5. The fraction of sp³-hybridized carbons (Fsp3) is 0.524. The Kier molecular flexibility index (Phi) is 7.51. The monoisotopic (exact) mass is 610 g/mol. The quantitative estimate of drug-likeness (QED) is 0.110. The fourth-order valence-electron chi connectivity index (χ4n) is 5.01. The van der Waals surface area contributed by atoms with Gasteiger partial charge in [-0.25, -0.2) is 34.5 Å². The SMILES string of the molecule is CO[C@H]1C(n2cnc3c(N)ncnc32)O[C@H](COP(=O)(O)O[C@H]2[C@@H](O)[C@@H](CO)O[C@H]2n2cnc3c(N)ncnc32)[C@@H]1O. The molecular weight excluding hydrogens is 583 g/mol. The van der Waals surface area contributed by atoms with Gasteiger partial charge in [-0.1, -0.05) is 0 Å². The lowest BCUT2D eigenvalue weighted by Crippen LogP contribution is -2.36. The zero-order valence-corrected chi connectivity index (χ0v) is 22.7. The fourth-order valence-corrected chi connectivity index (χ4v) is 5.94. The van der Waals surface area contributed by atoms with Crippen LogP contribution in [-0.2, 0) is 27.8 Å². The molecule has 6 heterocycles. The van der Waals surface area contributed by atoms with Crippen molar-refractivity contribution in [3.05, 3.63) is 25.3 Å². The van der Waals surface area contributed by atoms with Crippen molar-refractivity contribution in [2.75, 3.05) is 31.8 Å². The second-order valence-electron chi connectivity index (χ2n) is 9.49. The Morgan fingerprint density at radius 1 is 0.881 bits per heavy atom. The summed E-state index contributed by atoms with van der Waals surface area (Å²) < 4.78 is 43.4. The van der Waals surface area contributed by atoms with Crippen LogP contribution in [0.4, 0.5) is 11.6 Å². The molecular formula is C21H27N10O10P. The molecule has 4 aromatic heterocycles. The van der Waals surface area contributed by atoms with Crippen molar-refractivity contribution in [1.82, 2.24) is 39.0 Å². The third-order valence-corrected chi connectivity index (χ3v) is 8.04. The predicted molar refractivity (Wildman–Crippen MR) is 138 cm³/mol. The van der Waals surface area contributed by atoms with Gasteiger partial charge in [-0.2, -0.15) is 0 Å². The molecule has 42 heavy (non-hydrogen) atoms. The number of anilines is 2.